The summed E-state index contributed by atoms with van der Waals surface area (Å²) in [5, 5.41) is 9.17. The molecule has 2 saturated carbocycles. The molecular formula is C22H28F3N3O3. The van der Waals surface area contributed by atoms with Crippen molar-refractivity contribution < 1.29 is 27.4 Å². The van der Waals surface area contributed by atoms with Crippen LogP contribution in [-0.4, -0.2) is 43.7 Å². The number of nitrogens with one attached hydrogen (secondary N) is 3. The summed E-state index contributed by atoms with van der Waals surface area (Å²) in [6, 6.07) is 5.75. The van der Waals surface area contributed by atoms with Gasteiger partial charge in [0.05, 0.1) is 12.6 Å². The van der Waals surface area contributed by atoms with Crippen molar-refractivity contribution in [3.05, 3.63) is 29.8 Å². The summed E-state index contributed by atoms with van der Waals surface area (Å²) in [7, 11) is 0. The number of hydrogen-bond acceptors (Lipinski definition) is 4. The minimum absolute atomic E-state index is 0.0199. The minimum atomic E-state index is -4.54. The van der Waals surface area contributed by atoms with Crippen LogP contribution in [0.2, 0.25) is 0 Å². The van der Waals surface area contributed by atoms with Crippen molar-refractivity contribution in [3.63, 3.8) is 0 Å². The van der Waals surface area contributed by atoms with E-state index < -0.39 is 18.0 Å². The van der Waals surface area contributed by atoms with E-state index in [4.69, 9.17) is 9.47 Å². The lowest BCUT2D eigenvalue weighted by Crippen LogP contribution is -2.60. The second-order valence-electron chi connectivity index (χ2n) is 9.38. The van der Waals surface area contributed by atoms with Gasteiger partial charge < -0.3 is 20.1 Å². The lowest BCUT2D eigenvalue weighted by molar-refractivity contribution is -0.334. The van der Waals surface area contributed by atoms with E-state index in [1.54, 1.807) is 12.1 Å². The number of alkyl halides is 3. The average molecular weight is 439 g/mol. The molecule has 2 saturated heterocycles. The monoisotopic (exact) mass is 439 g/mol. The highest BCUT2D eigenvalue weighted by Gasteiger charge is 2.62. The van der Waals surface area contributed by atoms with Crippen molar-refractivity contribution in [2.24, 2.45) is 5.41 Å². The van der Waals surface area contributed by atoms with Crippen LogP contribution in [0.15, 0.2) is 24.3 Å². The van der Waals surface area contributed by atoms with E-state index in [1.807, 2.05) is 0 Å². The maximum atomic E-state index is 13.8. The molecule has 4 fully saturated rings. The molecule has 0 aromatic heterocycles. The van der Waals surface area contributed by atoms with Crippen LogP contribution in [0.5, 0.6) is 5.75 Å². The predicted octanol–water partition coefficient (Wildman–Crippen LogP) is 3.56. The van der Waals surface area contributed by atoms with Gasteiger partial charge >= 0.3 is 12.2 Å². The fraction of sp³-hybridized carbons (Fsp3) is 0.682. The number of carbonyl (C=O) groups excluding carboxylic acids is 1. The molecule has 170 valence electrons. The first-order chi connectivity index (χ1) is 14.8. The van der Waals surface area contributed by atoms with Crippen molar-refractivity contribution in [1.29, 1.82) is 0 Å². The average Bonchev–Trinajstić information content (AvgIpc) is 3.43. The molecule has 5 rings (SSSR count). The summed E-state index contributed by atoms with van der Waals surface area (Å²) in [6.45, 7) is 0.723. The van der Waals surface area contributed by atoms with E-state index in [9.17, 15) is 18.0 Å². The highest BCUT2D eigenvalue weighted by Crippen LogP contribution is 2.60. The Morgan fingerprint density at radius 2 is 1.90 bits per heavy atom. The summed E-state index contributed by atoms with van der Waals surface area (Å²) in [5.41, 5.74) is -1.85. The summed E-state index contributed by atoms with van der Waals surface area (Å²) in [4.78, 5) is 12.5. The third-order valence-electron chi connectivity index (χ3n) is 7.21. The smallest absolute Gasteiger partial charge is 0.421 e. The second kappa shape index (κ2) is 7.55. The third kappa shape index (κ3) is 3.86. The van der Waals surface area contributed by atoms with Crippen LogP contribution in [0.25, 0.3) is 0 Å². The molecule has 3 unspecified atom stereocenters. The molecule has 2 amide bonds. The number of rotatable bonds is 5. The predicted molar refractivity (Wildman–Crippen MR) is 107 cm³/mol. The Hall–Kier alpha value is -2.00. The van der Waals surface area contributed by atoms with Crippen LogP contribution < -0.4 is 20.7 Å². The molecule has 6 nitrogen and oxygen atoms in total. The zero-order valence-electron chi connectivity index (χ0n) is 17.3. The summed E-state index contributed by atoms with van der Waals surface area (Å²) >= 11 is 0. The zero-order valence-corrected chi connectivity index (χ0v) is 17.3. The van der Waals surface area contributed by atoms with Gasteiger partial charge in [-0.2, -0.15) is 13.2 Å². The van der Waals surface area contributed by atoms with Gasteiger partial charge in [0.15, 0.2) is 11.8 Å². The fourth-order valence-corrected chi connectivity index (χ4v) is 5.13. The molecule has 3 N–H and O–H groups in total. The van der Waals surface area contributed by atoms with E-state index in [0.29, 0.717) is 18.4 Å². The van der Waals surface area contributed by atoms with E-state index in [2.05, 4.69) is 16.0 Å². The first kappa shape index (κ1) is 20.9. The van der Waals surface area contributed by atoms with Crippen LogP contribution in [0.4, 0.5) is 18.0 Å². The van der Waals surface area contributed by atoms with Crippen molar-refractivity contribution >= 4 is 6.03 Å². The molecule has 1 spiro atoms. The summed E-state index contributed by atoms with van der Waals surface area (Å²) in [6.07, 6.45) is 0.827. The van der Waals surface area contributed by atoms with Crippen LogP contribution in [-0.2, 0) is 10.3 Å². The quantitative estimate of drug-likeness (QED) is 0.656. The maximum absolute atomic E-state index is 13.8. The molecule has 9 heteroatoms. The maximum Gasteiger partial charge on any atom is 0.421 e. The van der Waals surface area contributed by atoms with Crippen molar-refractivity contribution in [1.82, 2.24) is 16.0 Å². The Bertz CT molecular complexity index is 831. The molecule has 2 heterocycles. The summed E-state index contributed by atoms with van der Waals surface area (Å²) < 4.78 is 52.5. The molecule has 0 radical (unpaired) electrons. The van der Waals surface area contributed by atoms with Gasteiger partial charge in [-0.1, -0.05) is 18.2 Å². The number of para-hydroxylation sites is 1. The number of halogens is 3. The van der Waals surface area contributed by atoms with Crippen LogP contribution >= 0.6 is 0 Å². The van der Waals surface area contributed by atoms with Gasteiger partial charge in [-0.25, -0.2) is 4.79 Å². The van der Waals surface area contributed by atoms with E-state index in [1.165, 1.54) is 25.0 Å². The van der Waals surface area contributed by atoms with Gasteiger partial charge in [-0.3, -0.25) is 5.32 Å². The van der Waals surface area contributed by atoms with Crippen molar-refractivity contribution in [2.75, 3.05) is 13.2 Å². The Morgan fingerprint density at radius 1 is 1.16 bits per heavy atom. The van der Waals surface area contributed by atoms with Gasteiger partial charge in [0.25, 0.3) is 0 Å². The van der Waals surface area contributed by atoms with Crippen LogP contribution in [0.3, 0.4) is 0 Å². The number of amides is 2. The first-order valence-corrected chi connectivity index (χ1v) is 11.1. The van der Waals surface area contributed by atoms with Gasteiger partial charge in [-0.15, -0.1) is 0 Å². The van der Waals surface area contributed by atoms with E-state index >= 15 is 0 Å². The van der Waals surface area contributed by atoms with Crippen molar-refractivity contribution in [2.45, 2.75) is 75.0 Å². The first-order valence-electron chi connectivity index (χ1n) is 11.1. The molecular weight excluding hydrogens is 411 g/mol. The number of ether oxygens (including phenoxy) is 2. The lowest BCUT2D eigenvalue weighted by atomic mass is 9.77. The molecule has 3 atom stereocenters. The van der Waals surface area contributed by atoms with Gasteiger partial charge in [0.1, 0.15) is 5.75 Å². The standard InChI is InChI=1S/C22H28F3N3O3/c23-22(24,25)21(9-11-30-21)15-4-1-2-6-17(15)31-18-16(5-3-10-26-18)28-19(29)27-14-12-20(13-14)7-8-20/h1-2,4,6,14,16,18,26H,3,5,7-13H2,(H2,27,28,29). The molecule has 2 aliphatic heterocycles. The lowest BCUT2D eigenvalue weighted by Gasteiger charge is -2.44. The number of piperidine rings is 1. The normalized spacial score (nSPS) is 32.0. The third-order valence-corrected chi connectivity index (χ3v) is 7.21. The molecule has 0 bridgehead atoms. The van der Waals surface area contributed by atoms with E-state index in [0.717, 1.165) is 19.3 Å². The minimum Gasteiger partial charge on any atom is -0.473 e. The zero-order chi connectivity index (χ0) is 21.7. The second-order valence-corrected chi connectivity index (χ2v) is 9.38. The molecule has 4 aliphatic rings. The van der Waals surface area contributed by atoms with Crippen molar-refractivity contribution in [3.8, 4) is 5.75 Å². The fourth-order valence-electron chi connectivity index (χ4n) is 5.13. The Labute approximate surface area is 179 Å². The molecule has 1 aromatic rings. The van der Waals surface area contributed by atoms with E-state index in [-0.39, 0.29) is 42.5 Å². The number of urea groups is 1. The highest BCUT2D eigenvalue weighted by atomic mass is 19.4. The highest BCUT2D eigenvalue weighted by molar-refractivity contribution is 5.74. The van der Waals surface area contributed by atoms with Crippen LogP contribution in [0.1, 0.15) is 50.5 Å². The molecule has 31 heavy (non-hydrogen) atoms. The number of carbonyl (C=O) groups is 1. The summed E-state index contributed by atoms with van der Waals surface area (Å²) in [5.74, 6) is 0.126. The Balaban J connectivity index is 1.27. The Kier molecular flexibility index (Phi) is 5.08. The SMILES string of the molecule is O=C(NC1CC2(CC2)C1)NC1CCCNC1Oc1ccccc1C1(C(F)(F)F)CCO1. The topological polar surface area (TPSA) is 71.6 Å². The van der Waals surface area contributed by atoms with Crippen LogP contribution in [0, 0.1) is 5.41 Å². The molecule has 1 aromatic carbocycles. The molecule has 2 aliphatic carbocycles. The van der Waals surface area contributed by atoms with Gasteiger partial charge in [-0.05, 0) is 56.6 Å². The Morgan fingerprint density at radius 3 is 2.55 bits per heavy atom. The largest absolute Gasteiger partial charge is 0.473 e. The number of hydrogen-bond donors (Lipinski definition) is 3. The van der Waals surface area contributed by atoms with Gasteiger partial charge in [0, 0.05) is 18.0 Å². The number of benzene rings is 1. The van der Waals surface area contributed by atoms with Gasteiger partial charge in [0.2, 0.25) is 0 Å².